The van der Waals surface area contributed by atoms with Gasteiger partial charge in [-0.25, -0.2) is 4.79 Å². The van der Waals surface area contributed by atoms with Crippen LogP contribution < -0.4 is 0 Å². The third-order valence-corrected chi connectivity index (χ3v) is 2.97. The zero-order valence-corrected chi connectivity index (χ0v) is 7.91. The minimum Gasteiger partial charge on any atom is -0.467 e. The lowest BCUT2D eigenvalue weighted by Gasteiger charge is -2.09. The first-order chi connectivity index (χ1) is 6.24. The molecule has 13 heavy (non-hydrogen) atoms. The third-order valence-electron chi connectivity index (χ3n) is 2.97. The normalized spacial score (nSPS) is 42.3. The lowest BCUT2D eigenvalue weighted by molar-refractivity contribution is -0.142. The van der Waals surface area contributed by atoms with Crippen LogP contribution in [0.3, 0.4) is 0 Å². The number of methoxy groups -OCH3 is 1. The van der Waals surface area contributed by atoms with E-state index in [1.165, 1.54) is 7.11 Å². The fourth-order valence-corrected chi connectivity index (χ4v) is 2.04. The molecule has 0 N–H and O–H groups in total. The van der Waals surface area contributed by atoms with Crippen molar-refractivity contribution in [3.8, 4) is 0 Å². The summed E-state index contributed by atoms with van der Waals surface area (Å²) in [5, 5.41) is 0. The van der Waals surface area contributed by atoms with Crippen molar-refractivity contribution in [2.45, 2.75) is 25.0 Å². The number of carbonyl (C=O) groups excluding carboxylic acids is 1. The summed E-state index contributed by atoms with van der Waals surface area (Å²) in [5.41, 5.74) is -0.345. The molecule has 2 saturated heterocycles. The largest absolute Gasteiger partial charge is 0.467 e. The lowest BCUT2D eigenvalue weighted by Crippen LogP contribution is -2.29. The number of epoxide rings is 1. The molecule has 74 valence electrons. The average Bonchev–Trinajstić information content (AvgIpc) is 2.70. The molecule has 0 amide bonds. The fraction of sp³-hybridized carbons (Fsp3) is 0.889. The van der Waals surface area contributed by atoms with E-state index in [0.29, 0.717) is 19.1 Å². The predicted molar refractivity (Wildman–Crippen MR) is 44.2 cm³/mol. The van der Waals surface area contributed by atoms with E-state index in [2.05, 4.69) is 11.7 Å². The second kappa shape index (κ2) is 2.96. The first kappa shape index (κ1) is 8.97. The van der Waals surface area contributed by atoms with Crippen LogP contribution in [0.4, 0.5) is 0 Å². The molecule has 0 aromatic carbocycles. The fourth-order valence-electron chi connectivity index (χ4n) is 2.04. The van der Waals surface area contributed by atoms with Gasteiger partial charge in [-0.3, -0.25) is 0 Å². The molecule has 2 aliphatic heterocycles. The van der Waals surface area contributed by atoms with Crippen molar-refractivity contribution in [1.82, 2.24) is 0 Å². The molecule has 0 aliphatic carbocycles. The summed E-state index contributed by atoms with van der Waals surface area (Å²) in [5.74, 6) is 0.0700. The molecule has 2 fully saturated rings. The molecule has 3 unspecified atom stereocenters. The molecular formula is C9H14O4. The van der Waals surface area contributed by atoms with Gasteiger partial charge in [0.1, 0.15) is 5.60 Å². The van der Waals surface area contributed by atoms with Gasteiger partial charge in [0.15, 0.2) is 6.10 Å². The maximum atomic E-state index is 11.2. The highest BCUT2D eigenvalue weighted by Crippen LogP contribution is 2.48. The second-order valence-electron chi connectivity index (χ2n) is 3.60. The lowest BCUT2D eigenvalue weighted by atomic mass is 9.90. The second-order valence-corrected chi connectivity index (χ2v) is 3.60. The molecule has 0 radical (unpaired) electrons. The summed E-state index contributed by atoms with van der Waals surface area (Å²) in [7, 11) is 1.38. The Morgan fingerprint density at radius 2 is 2.46 bits per heavy atom. The minimum absolute atomic E-state index is 0.274. The van der Waals surface area contributed by atoms with Gasteiger partial charge < -0.3 is 14.2 Å². The van der Waals surface area contributed by atoms with E-state index < -0.39 is 0 Å². The molecule has 0 aromatic heterocycles. The molecule has 0 saturated carbocycles. The van der Waals surface area contributed by atoms with E-state index in [0.717, 1.165) is 6.42 Å². The van der Waals surface area contributed by atoms with Gasteiger partial charge in [0.05, 0.1) is 20.3 Å². The number of rotatable bonds is 2. The summed E-state index contributed by atoms with van der Waals surface area (Å²) >= 11 is 0. The van der Waals surface area contributed by atoms with Crippen molar-refractivity contribution in [3.63, 3.8) is 0 Å². The van der Waals surface area contributed by atoms with Crippen molar-refractivity contribution < 1.29 is 19.0 Å². The van der Waals surface area contributed by atoms with Gasteiger partial charge in [-0.15, -0.1) is 0 Å². The van der Waals surface area contributed by atoms with E-state index in [-0.39, 0.29) is 17.7 Å². The Hall–Kier alpha value is -0.610. The van der Waals surface area contributed by atoms with Crippen molar-refractivity contribution in [2.75, 3.05) is 20.3 Å². The summed E-state index contributed by atoms with van der Waals surface area (Å²) in [6.07, 6.45) is 0.595. The molecule has 2 rings (SSSR count). The maximum Gasteiger partial charge on any atom is 0.338 e. The van der Waals surface area contributed by atoms with E-state index in [1.807, 2.05) is 0 Å². The first-order valence-corrected chi connectivity index (χ1v) is 4.58. The van der Waals surface area contributed by atoms with E-state index >= 15 is 0 Å². The predicted octanol–water partition coefficient (Wildman–Crippen LogP) is 0.353. The van der Waals surface area contributed by atoms with E-state index in [4.69, 9.17) is 9.47 Å². The monoisotopic (exact) mass is 186 g/mol. The zero-order chi connectivity index (χ0) is 9.47. The molecular weight excluding hydrogens is 172 g/mol. The summed E-state index contributed by atoms with van der Waals surface area (Å²) < 4.78 is 15.4. The molecule has 0 bridgehead atoms. The quantitative estimate of drug-likeness (QED) is 0.461. The Bertz CT molecular complexity index is 228. The van der Waals surface area contributed by atoms with Crippen LogP contribution >= 0.6 is 0 Å². The van der Waals surface area contributed by atoms with Gasteiger partial charge in [-0.1, -0.05) is 6.92 Å². The highest BCUT2D eigenvalue weighted by Gasteiger charge is 2.67. The van der Waals surface area contributed by atoms with Gasteiger partial charge in [-0.05, 0) is 6.42 Å². The third kappa shape index (κ3) is 1.16. The smallest absolute Gasteiger partial charge is 0.338 e. The Balaban J connectivity index is 2.04. The number of hydrogen-bond donors (Lipinski definition) is 0. The van der Waals surface area contributed by atoms with Crippen molar-refractivity contribution in [3.05, 3.63) is 0 Å². The topological polar surface area (TPSA) is 48.1 Å². The Morgan fingerprint density at radius 1 is 1.69 bits per heavy atom. The summed E-state index contributed by atoms with van der Waals surface area (Å²) in [4.78, 5) is 11.2. The molecule has 2 aliphatic rings. The molecule has 4 heteroatoms. The first-order valence-electron chi connectivity index (χ1n) is 4.58. The Labute approximate surface area is 77.1 Å². The number of esters is 1. The molecule has 1 spiro atoms. The van der Waals surface area contributed by atoms with Crippen LogP contribution in [0.5, 0.6) is 0 Å². The van der Waals surface area contributed by atoms with Crippen molar-refractivity contribution in [2.24, 2.45) is 5.92 Å². The Kier molecular flexibility index (Phi) is 2.04. The highest BCUT2D eigenvalue weighted by atomic mass is 16.7. The van der Waals surface area contributed by atoms with Crippen LogP contribution in [0.1, 0.15) is 13.3 Å². The van der Waals surface area contributed by atoms with Crippen LogP contribution in [0.25, 0.3) is 0 Å². The van der Waals surface area contributed by atoms with Crippen LogP contribution in [0, 0.1) is 5.92 Å². The molecule has 3 atom stereocenters. The molecule has 2 heterocycles. The van der Waals surface area contributed by atoms with Crippen LogP contribution in [-0.2, 0) is 19.0 Å². The minimum atomic E-state index is -0.384. The van der Waals surface area contributed by atoms with Crippen LogP contribution in [0.15, 0.2) is 0 Å². The van der Waals surface area contributed by atoms with E-state index in [1.54, 1.807) is 0 Å². The summed E-state index contributed by atoms with van der Waals surface area (Å²) in [6.45, 7) is 3.31. The number of ether oxygens (including phenoxy) is 3. The van der Waals surface area contributed by atoms with Crippen molar-refractivity contribution in [1.29, 1.82) is 0 Å². The van der Waals surface area contributed by atoms with Crippen LogP contribution in [-0.4, -0.2) is 38.0 Å². The van der Waals surface area contributed by atoms with Gasteiger partial charge in [-0.2, -0.15) is 0 Å². The Morgan fingerprint density at radius 3 is 3.08 bits per heavy atom. The highest BCUT2D eigenvalue weighted by molar-refractivity contribution is 5.79. The molecule has 0 aromatic rings. The number of carbonyl (C=O) groups is 1. The SMILES string of the molecule is CCC1COCC12OC2C(=O)OC. The standard InChI is InChI=1S/C9H14O4/c1-3-6-4-12-5-9(6)7(13-9)8(10)11-2/h6-7H,3-5H2,1-2H3. The van der Waals surface area contributed by atoms with Gasteiger partial charge >= 0.3 is 5.97 Å². The molecule has 4 nitrogen and oxygen atoms in total. The van der Waals surface area contributed by atoms with Gasteiger partial charge in [0.25, 0.3) is 0 Å². The maximum absolute atomic E-state index is 11.2. The van der Waals surface area contributed by atoms with Gasteiger partial charge in [0.2, 0.25) is 0 Å². The van der Waals surface area contributed by atoms with Gasteiger partial charge in [0, 0.05) is 5.92 Å². The number of hydrogen-bond acceptors (Lipinski definition) is 4. The average molecular weight is 186 g/mol. The summed E-state index contributed by atoms with van der Waals surface area (Å²) in [6, 6.07) is 0. The van der Waals surface area contributed by atoms with E-state index in [9.17, 15) is 4.79 Å². The van der Waals surface area contributed by atoms with Crippen molar-refractivity contribution >= 4 is 5.97 Å². The zero-order valence-electron chi connectivity index (χ0n) is 7.91. The van der Waals surface area contributed by atoms with Crippen LogP contribution in [0.2, 0.25) is 0 Å².